The average molecular weight is 324 g/mol. The van der Waals surface area contributed by atoms with E-state index < -0.39 is 0 Å². The van der Waals surface area contributed by atoms with Gasteiger partial charge in [-0.05, 0) is 54.7 Å². The van der Waals surface area contributed by atoms with Crippen molar-refractivity contribution < 1.29 is 4.74 Å². The van der Waals surface area contributed by atoms with Gasteiger partial charge < -0.3 is 4.74 Å². The first-order valence-corrected chi connectivity index (χ1v) is 8.33. The second-order valence-corrected chi connectivity index (χ2v) is 6.58. The summed E-state index contributed by atoms with van der Waals surface area (Å²) in [5.74, 6) is 0.813. The molecular weight excluding hydrogens is 308 g/mol. The van der Waals surface area contributed by atoms with Crippen molar-refractivity contribution in [2.45, 2.75) is 19.3 Å². The number of methoxy groups -OCH3 is 1. The van der Waals surface area contributed by atoms with E-state index in [1.807, 2.05) is 24.3 Å². The molecule has 0 saturated carbocycles. The fraction of sp³-hybridized carbons (Fsp3) is 0.235. The first-order valence-electron chi connectivity index (χ1n) is 7.51. The van der Waals surface area contributed by atoms with Crippen molar-refractivity contribution in [3.8, 4) is 5.75 Å². The molecule has 2 aromatic heterocycles. The molecule has 3 aromatic rings. The van der Waals surface area contributed by atoms with E-state index >= 15 is 0 Å². The molecule has 0 fully saturated rings. The average Bonchev–Trinajstić information content (AvgIpc) is 3.15. The number of aromatic nitrogens is 2. The summed E-state index contributed by atoms with van der Waals surface area (Å²) >= 11 is 1.72. The Morgan fingerprint density at radius 2 is 2.13 bits per heavy atom. The van der Waals surface area contributed by atoms with Gasteiger partial charge in [-0.15, -0.1) is 11.3 Å². The maximum atomic E-state index is 8.45. The quantitative estimate of drug-likeness (QED) is 0.753. The Bertz CT molecular complexity index is 953. The van der Waals surface area contributed by atoms with Crippen LogP contribution in [0.5, 0.6) is 5.75 Å². The van der Waals surface area contributed by atoms with E-state index in [-0.39, 0.29) is 0 Å². The maximum Gasteiger partial charge on any atom is 0.158 e. The zero-order valence-electron chi connectivity index (χ0n) is 12.7. The summed E-state index contributed by atoms with van der Waals surface area (Å²) in [7, 11) is 1.64. The minimum Gasteiger partial charge on any atom is -0.497 e. The van der Waals surface area contributed by atoms with Crippen LogP contribution in [0.2, 0.25) is 0 Å². The summed E-state index contributed by atoms with van der Waals surface area (Å²) < 4.78 is 6.68. The Kier molecular flexibility index (Phi) is 3.46. The Morgan fingerprint density at radius 3 is 2.91 bits per heavy atom. The molecule has 23 heavy (non-hydrogen) atoms. The zero-order valence-corrected chi connectivity index (χ0v) is 13.6. The molecule has 1 aromatic carbocycles. The van der Waals surface area contributed by atoms with Crippen LogP contribution < -0.4 is 10.2 Å². The third-order valence-corrected chi connectivity index (χ3v) is 5.30. The highest BCUT2D eigenvalue weighted by atomic mass is 32.1. The highest BCUT2D eigenvalue weighted by Gasteiger charge is 2.19. The lowest BCUT2D eigenvalue weighted by Gasteiger charge is -2.02. The van der Waals surface area contributed by atoms with Crippen LogP contribution in [0.3, 0.4) is 0 Å². The minimum atomic E-state index is 0.416. The lowest BCUT2D eigenvalue weighted by Crippen LogP contribution is -2.17. The number of nitrogens with zero attached hydrogens (tertiary/aromatic N) is 3. The number of thiophene rings is 1. The zero-order chi connectivity index (χ0) is 15.8. The van der Waals surface area contributed by atoms with Gasteiger partial charge in [0, 0.05) is 4.88 Å². The molecule has 0 atom stereocenters. The first kappa shape index (κ1) is 14.1. The van der Waals surface area contributed by atoms with Gasteiger partial charge in [0.2, 0.25) is 0 Å². The SMILES string of the molecule is COc1ccc(/C=N/n2cnc3sc4c(c3c2=N)CCC4)cc1. The van der Waals surface area contributed by atoms with E-state index in [0.717, 1.165) is 34.4 Å². The van der Waals surface area contributed by atoms with Gasteiger partial charge in [0.25, 0.3) is 0 Å². The summed E-state index contributed by atoms with van der Waals surface area (Å²) in [6.45, 7) is 0. The predicted octanol–water partition coefficient (Wildman–Crippen LogP) is 2.96. The summed E-state index contributed by atoms with van der Waals surface area (Å²) in [6.07, 6.45) is 6.70. The van der Waals surface area contributed by atoms with Crippen molar-refractivity contribution in [3.63, 3.8) is 0 Å². The molecule has 0 radical (unpaired) electrons. The van der Waals surface area contributed by atoms with E-state index in [9.17, 15) is 0 Å². The van der Waals surface area contributed by atoms with Crippen LogP contribution in [0.25, 0.3) is 10.2 Å². The second kappa shape index (κ2) is 5.62. The molecule has 0 saturated heterocycles. The number of nitrogens with one attached hydrogen (secondary N) is 1. The van der Waals surface area contributed by atoms with Crippen molar-refractivity contribution in [1.29, 1.82) is 5.41 Å². The van der Waals surface area contributed by atoms with E-state index in [1.54, 1.807) is 31.0 Å². The topological polar surface area (TPSA) is 63.3 Å². The number of ether oxygens (including phenoxy) is 1. The van der Waals surface area contributed by atoms with Gasteiger partial charge in [-0.1, -0.05) is 0 Å². The largest absolute Gasteiger partial charge is 0.497 e. The molecule has 1 aliphatic carbocycles. The Hall–Kier alpha value is -2.47. The van der Waals surface area contributed by atoms with Gasteiger partial charge in [-0.2, -0.15) is 5.10 Å². The number of benzene rings is 1. The third-order valence-electron chi connectivity index (χ3n) is 4.10. The van der Waals surface area contributed by atoms with Gasteiger partial charge in [-0.3, -0.25) is 5.41 Å². The third kappa shape index (κ3) is 2.45. The lowest BCUT2D eigenvalue weighted by atomic mass is 10.2. The monoisotopic (exact) mass is 324 g/mol. The van der Waals surface area contributed by atoms with E-state index in [1.165, 1.54) is 21.5 Å². The van der Waals surface area contributed by atoms with E-state index in [2.05, 4.69) is 10.1 Å². The summed E-state index contributed by atoms with van der Waals surface area (Å²) in [6, 6.07) is 7.64. The normalized spacial score (nSPS) is 13.8. The van der Waals surface area contributed by atoms with Crippen molar-refractivity contribution in [3.05, 3.63) is 52.1 Å². The lowest BCUT2D eigenvalue weighted by molar-refractivity contribution is 0.415. The van der Waals surface area contributed by atoms with Crippen molar-refractivity contribution in [2.75, 3.05) is 7.11 Å². The molecule has 5 nitrogen and oxygen atoms in total. The molecule has 1 aliphatic rings. The van der Waals surface area contributed by atoms with Gasteiger partial charge in [0.05, 0.1) is 18.7 Å². The van der Waals surface area contributed by atoms with Crippen LogP contribution in [0, 0.1) is 5.41 Å². The van der Waals surface area contributed by atoms with E-state index in [0.29, 0.717) is 5.49 Å². The molecular formula is C17H16N4OS. The molecule has 6 heteroatoms. The van der Waals surface area contributed by atoms with Crippen LogP contribution in [-0.2, 0) is 12.8 Å². The Labute approximate surface area is 137 Å². The molecule has 0 aliphatic heterocycles. The number of hydrogen-bond acceptors (Lipinski definition) is 5. The molecule has 1 N–H and O–H groups in total. The predicted molar refractivity (Wildman–Crippen MR) is 91.5 cm³/mol. The van der Waals surface area contributed by atoms with Gasteiger partial charge >= 0.3 is 0 Å². The fourth-order valence-electron chi connectivity index (χ4n) is 2.91. The van der Waals surface area contributed by atoms with Gasteiger partial charge in [-0.25, -0.2) is 9.66 Å². The second-order valence-electron chi connectivity index (χ2n) is 5.49. The number of aryl methyl sites for hydroxylation is 2. The van der Waals surface area contributed by atoms with Crippen LogP contribution in [0.4, 0.5) is 0 Å². The molecule has 0 spiro atoms. The molecule has 4 rings (SSSR count). The molecule has 0 amide bonds. The highest BCUT2D eigenvalue weighted by Crippen LogP contribution is 2.34. The van der Waals surface area contributed by atoms with Crippen LogP contribution in [-0.4, -0.2) is 23.0 Å². The number of hydrogen-bond donors (Lipinski definition) is 1. The minimum absolute atomic E-state index is 0.416. The van der Waals surface area contributed by atoms with Crippen molar-refractivity contribution >= 4 is 27.8 Å². The molecule has 0 bridgehead atoms. The number of fused-ring (bicyclic) bond motifs is 3. The molecule has 2 heterocycles. The summed E-state index contributed by atoms with van der Waals surface area (Å²) in [5, 5.41) is 13.8. The first-order chi connectivity index (χ1) is 11.3. The highest BCUT2D eigenvalue weighted by molar-refractivity contribution is 7.18. The maximum absolute atomic E-state index is 8.45. The van der Waals surface area contributed by atoms with Gasteiger partial charge in [0.15, 0.2) is 5.49 Å². The van der Waals surface area contributed by atoms with Crippen molar-refractivity contribution in [2.24, 2.45) is 5.10 Å². The molecule has 0 unspecified atom stereocenters. The smallest absolute Gasteiger partial charge is 0.158 e. The molecule has 116 valence electrons. The van der Waals surface area contributed by atoms with Crippen LogP contribution in [0.15, 0.2) is 35.7 Å². The van der Waals surface area contributed by atoms with Gasteiger partial charge in [0.1, 0.15) is 16.9 Å². The van der Waals surface area contributed by atoms with E-state index in [4.69, 9.17) is 10.1 Å². The van der Waals surface area contributed by atoms with Crippen molar-refractivity contribution in [1.82, 2.24) is 9.66 Å². The van der Waals surface area contributed by atoms with Crippen LogP contribution >= 0.6 is 11.3 Å². The van der Waals surface area contributed by atoms with Crippen LogP contribution in [0.1, 0.15) is 22.4 Å². The fourth-order valence-corrected chi connectivity index (χ4v) is 4.14. The standard InChI is InChI=1S/C17H16N4OS/c1-22-12-7-5-11(6-8-12)9-20-21-10-19-17-15(16(21)18)13-3-2-4-14(13)23-17/h5-10,18H,2-4H2,1H3/b18-16?,20-9+. The summed E-state index contributed by atoms with van der Waals surface area (Å²) in [5.41, 5.74) is 2.67. The summed E-state index contributed by atoms with van der Waals surface area (Å²) in [4.78, 5) is 6.81. The number of rotatable bonds is 3. The Morgan fingerprint density at radius 1 is 1.30 bits per heavy atom. The Balaban J connectivity index is 1.72.